The van der Waals surface area contributed by atoms with Gasteiger partial charge >= 0.3 is 17.8 Å². The van der Waals surface area contributed by atoms with Gasteiger partial charge in [-0.3, -0.25) is 0 Å². The number of benzene rings is 1. The molecule has 0 amide bonds. The Morgan fingerprint density at radius 1 is 1.11 bits per heavy atom. The van der Waals surface area contributed by atoms with Crippen LogP contribution in [-0.2, 0) is 21.2 Å². The zero-order valence-corrected chi connectivity index (χ0v) is 19.1. The first-order chi connectivity index (χ1) is 16.6. The lowest BCUT2D eigenvalue weighted by Gasteiger charge is -2.06. The summed E-state index contributed by atoms with van der Waals surface area (Å²) in [5, 5.41) is 11.0. The van der Waals surface area contributed by atoms with Crippen molar-refractivity contribution in [1.82, 2.24) is 19.3 Å². The SMILES string of the molecule is CS(=O)(=O)c1ccc(-c2cccc(-n3cnn(CC(CN)=C(F)F)c3=O)n2)cc1.O=C(O)C(F)(F)F. The summed E-state index contributed by atoms with van der Waals surface area (Å²) in [5.74, 6) is -2.52. The first-order valence-corrected chi connectivity index (χ1v) is 11.5. The van der Waals surface area contributed by atoms with E-state index < -0.39 is 46.8 Å². The van der Waals surface area contributed by atoms with Crippen LogP contribution in [0, 0.1) is 0 Å². The van der Waals surface area contributed by atoms with Crippen LogP contribution >= 0.6 is 0 Å². The Hall–Kier alpha value is -3.92. The van der Waals surface area contributed by atoms with Crippen molar-refractivity contribution in [3.05, 3.63) is 70.9 Å². The van der Waals surface area contributed by atoms with Crippen LogP contribution in [0.5, 0.6) is 0 Å². The van der Waals surface area contributed by atoms with Gasteiger partial charge in [-0.2, -0.15) is 27.1 Å². The predicted octanol–water partition coefficient (Wildman–Crippen LogP) is 2.24. The summed E-state index contributed by atoms with van der Waals surface area (Å²) in [6.07, 6.45) is -4.72. The Kier molecular flexibility index (Phi) is 8.82. The number of carboxylic acids is 1. The van der Waals surface area contributed by atoms with Crippen LogP contribution in [0.3, 0.4) is 0 Å². The second-order valence-corrected chi connectivity index (χ2v) is 9.01. The van der Waals surface area contributed by atoms with Gasteiger partial charge in [0.1, 0.15) is 12.1 Å². The number of halogens is 5. The normalized spacial score (nSPS) is 11.4. The molecule has 0 saturated heterocycles. The third-order valence-corrected chi connectivity index (χ3v) is 5.52. The number of alkyl halides is 3. The van der Waals surface area contributed by atoms with E-state index in [2.05, 4.69) is 10.1 Å². The van der Waals surface area contributed by atoms with E-state index in [1.165, 1.54) is 18.5 Å². The topological polar surface area (TPSA) is 150 Å². The van der Waals surface area contributed by atoms with Crippen molar-refractivity contribution in [3.8, 4) is 17.1 Å². The summed E-state index contributed by atoms with van der Waals surface area (Å²) < 4.78 is 82.5. The molecule has 0 bridgehead atoms. The quantitative estimate of drug-likeness (QED) is 0.457. The molecule has 3 aromatic rings. The van der Waals surface area contributed by atoms with Crippen LogP contribution in [0.2, 0.25) is 0 Å². The molecule has 0 unspecified atom stereocenters. The van der Waals surface area contributed by atoms with Gasteiger partial charge in [0.2, 0.25) is 0 Å². The highest BCUT2D eigenvalue weighted by atomic mass is 32.2. The van der Waals surface area contributed by atoms with Gasteiger partial charge in [0.25, 0.3) is 6.08 Å². The maximum Gasteiger partial charge on any atom is 0.490 e. The molecule has 0 aliphatic heterocycles. The largest absolute Gasteiger partial charge is 0.490 e. The average molecular weight is 535 g/mol. The van der Waals surface area contributed by atoms with Gasteiger partial charge in [0, 0.05) is 23.9 Å². The average Bonchev–Trinajstić information content (AvgIpc) is 3.16. The van der Waals surface area contributed by atoms with E-state index in [4.69, 9.17) is 15.6 Å². The molecule has 0 aliphatic rings. The number of hydrogen-bond donors (Lipinski definition) is 2. The fraction of sp³-hybridized carbons (Fsp3) is 0.200. The Balaban J connectivity index is 0.000000572. The monoisotopic (exact) mass is 535 g/mol. The molecule has 2 heterocycles. The van der Waals surface area contributed by atoms with Crippen molar-refractivity contribution in [2.45, 2.75) is 17.6 Å². The number of aromatic nitrogens is 4. The van der Waals surface area contributed by atoms with Gasteiger partial charge in [-0.05, 0) is 24.3 Å². The Bertz CT molecular complexity index is 1430. The number of nitrogens with two attached hydrogens (primary N) is 1. The predicted molar refractivity (Wildman–Crippen MR) is 116 cm³/mol. The highest BCUT2D eigenvalue weighted by molar-refractivity contribution is 7.90. The number of hydrogen-bond acceptors (Lipinski definition) is 7. The number of aliphatic carboxylic acids is 1. The minimum atomic E-state index is -5.08. The molecule has 0 radical (unpaired) electrons. The van der Waals surface area contributed by atoms with Gasteiger partial charge in [-0.15, -0.1) is 0 Å². The minimum absolute atomic E-state index is 0.179. The van der Waals surface area contributed by atoms with Crippen LogP contribution in [0.25, 0.3) is 17.1 Å². The molecule has 16 heteroatoms. The molecule has 1 aromatic carbocycles. The van der Waals surface area contributed by atoms with Crippen LogP contribution in [-0.4, -0.2) is 57.8 Å². The lowest BCUT2D eigenvalue weighted by atomic mass is 10.1. The van der Waals surface area contributed by atoms with Gasteiger partial charge in [-0.1, -0.05) is 18.2 Å². The molecule has 3 rings (SSSR count). The molecular formula is C20H18F5N5O5S. The molecule has 3 N–H and O–H groups in total. The van der Waals surface area contributed by atoms with Crippen molar-refractivity contribution < 1.29 is 40.3 Å². The smallest absolute Gasteiger partial charge is 0.475 e. The van der Waals surface area contributed by atoms with Crippen LogP contribution in [0.15, 0.2) is 70.1 Å². The lowest BCUT2D eigenvalue weighted by molar-refractivity contribution is -0.192. The summed E-state index contributed by atoms with van der Waals surface area (Å²) in [4.78, 5) is 26.0. The highest BCUT2D eigenvalue weighted by Crippen LogP contribution is 2.20. The summed E-state index contributed by atoms with van der Waals surface area (Å²) in [5.41, 5.74) is 5.39. The standard InChI is InChI=1S/C18H17F2N5O3S.C2HF3O2/c1-29(27,28)14-7-5-12(6-8-14)15-3-2-4-16(23-15)24-11-22-25(18(24)26)10-13(9-21)17(19)20;3-2(4,5)1(6)7/h2-8,11H,9-10,21H2,1H3;(H,6,7). The highest BCUT2D eigenvalue weighted by Gasteiger charge is 2.38. The Morgan fingerprint density at radius 2 is 1.69 bits per heavy atom. The van der Waals surface area contributed by atoms with Crippen molar-refractivity contribution in [2.24, 2.45) is 5.73 Å². The number of rotatable bonds is 6. The van der Waals surface area contributed by atoms with E-state index in [1.54, 1.807) is 30.3 Å². The third-order valence-electron chi connectivity index (χ3n) is 4.39. The van der Waals surface area contributed by atoms with Gasteiger partial charge < -0.3 is 10.8 Å². The number of carboxylic acid groups (broad SMARTS) is 1. The maximum atomic E-state index is 12.8. The zero-order chi connectivity index (χ0) is 27.3. The Morgan fingerprint density at radius 3 is 2.17 bits per heavy atom. The summed E-state index contributed by atoms with van der Waals surface area (Å²) in [6.45, 7) is -0.809. The molecule has 36 heavy (non-hydrogen) atoms. The van der Waals surface area contributed by atoms with Crippen LogP contribution in [0.4, 0.5) is 22.0 Å². The van der Waals surface area contributed by atoms with E-state index >= 15 is 0 Å². The first-order valence-electron chi connectivity index (χ1n) is 9.60. The van der Waals surface area contributed by atoms with Crippen molar-refractivity contribution in [1.29, 1.82) is 0 Å². The fourth-order valence-electron chi connectivity index (χ4n) is 2.58. The van der Waals surface area contributed by atoms with Crippen LogP contribution < -0.4 is 11.4 Å². The number of nitrogens with zero attached hydrogens (tertiary/aromatic N) is 4. The first kappa shape index (κ1) is 28.3. The van der Waals surface area contributed by atoms with Crippen LogP contribution in [0.1, 0.15) is 0 Å². The lowest BCUT2D eigenvalue weighted by Crippen LogP contribution is -2.26. The molecule has 0 aliphatic carbocycles. The molecule has 0 spiro atoms. The molecule has 10 nitrogen and oxygen atoms in total. The molecular weight excluding hydrogens is 517 g/mol. The third kappa shape index (κ3) is 7.29. The number of carbonyl (C=O) groups is 1. The fourth-order valence-corrected chi connectivity index (χ4v) is 3.21. The minimum Gasteiger partial charge on any atom is -0.475 e. The van der Waals surface area contributed by atoms with E-state index in [0.717, 1.165) is 15.5 Å². The number of pyridine rings is 1. The summed E-state index contributed by atoms with van der Waals surface area (Å²) in [7, 11) is -3.32. The second kappa shape index (κ2) is 11.2. The number of sulfone groups is 1. The molecule has 2 aromatic heterocycles. The maximum absolute atomic E-state index is 12.8. The van der Waals surface area contributed by atoms with E-state index in [-0.39, 0.29) is 16.3 Å². The van der Waals surface area contributed by atoms with E-state index in [9.17, 15) is 35.2 Å². The second-order valence-electron chi connectivity index (χ2n) is 6.99. The summed E-state index contributed by atoms with van der Waals surface area (Å²) >= 11 is 0. The zero-order valence-electron chi connectivity index (χ0n) is 18.3. The van der Waals surface area contributed by atoms with Crippen molar-refractivity contribution in [2.75, 3.05) is 12.8 Å². The molecule has 0 fully saturated rings. The van der Waals surface area contributed by atoms with Gasteiger partial charge in [0.05, 0.1) is 17.1 Å². The summed E-state index contributed by atoms with van der Waals surface area (Å²) in [6, 6.07) is 11.1. The molecule has 0 saturated carbocycles. The van der Waals surface area contributed by atoms with E-state index in [0.29, 0.717) is 11.3 Å². The molecule has 194 valence electrons. The van der Waals surface area contributed by atoms with Gasteiger partial charge in [0.15, 0.2) is 9.84 Å². The molecule has 0 atom stereocenters. The Labute approximate surface area is 200 Å². The van der Waals surface area contributed by atoms with Gasteiger partial charge in [-0.25, -0.2) is 32.2 Å². The van der Waals surface area contributed by atoms with Crippen molar-refractivity contribution >= 4 is 15.8 Å². The van der Waals surface area contributed by atoms with Crippen molar-refractivity contribution in [3.63, 3.8) is 0 Å². The van der Waals surface area contributed by atoms with E-state index in [1.807, 2.05) is 0 Å².